The van der Waals surface area contributed by atoms with Gasteiger partial charge < -0.3 is 18.8 Å². The number of hydrogen-bond donors (Lipinski definition) is 0. The second kappa shape index (κ2) is 4.97. The summed E-state index contributed by atoms with van der Waals surface area (Å²) in [7, 11) is 3.62. The number of nitrogens with zero attached hydrogens (tertiary/aromatic N) is 1. The Morgan fingerprint density at radius 3 is 2.20 bits per heavy atom. The van der Waals surface area contributed by atoms with Gasteiger partial charge in [0.1, 0.15) is 11.3 Å². The Morgan fingerprint density at radius 2 is 1.75 bits per heavy atom. The van der Waals surface area contributed by atoms with Crippen molar-refractivity contribution in [2.24, 2.45) is 0 Å². The standard InChI is InChI=1S/C13H14BrNO5/c1-13(2)19-11(16)8(12(17)20-13)5-7-6-9(14)10(18-7)15(3)4/h5-6H,1-4H3. The molecule has 20 heavy (non-hydrogen) atoms. The van der Waals surface area contributed by atoms with Gasteiger partial charge in [-0.2, -0.15) is 0 Å². The topological polar surface area (TPSA) is 69.0 Å². The molecule has 7 heteroatoms. The van der Waals surface area contributed by atoms with E-state index >= 15 is 0 Å². The third-order valence-electron chi connectivity index (χ3n) is 2.50. The lowest BCUT2D eigenvalue weighted by Gasteiger charge is -2.29. The molecular weight excluding hydrogens is 330 g/mol. The third-order valence-corrected chi connectivity index (χ3v) is 3.07. The highest BCUT2D eigenvalue weighted by Crippen LogP contribution is 2.31. The van der Waals surface area contributed by atoms with E-state index < -0.39 is 17.7 Å². The van der Waals surface area contributed by atoms with E-state index in [-0.39, 0.29) is 5.57 Å². The second-order valence-electron chi connectivity index (χ2n) is 4.93. The zero-order valence-electron chi connectivity index (χ0n) is 11.5. The lowest BCUT2D eigenvalue weighted by Crippen LogP contribution is -2.41. The van der Waals surface area contributed by atoms with Gasteiger partial charge in [0.15, 0.2) is 0 Å². The molecule has 2 rings (SSSR count). The van der Waals surface area contributed by atoms with E-state index in [9.17, 15) is 9.59 Å². The summed E-state index contributed by atoms with van der Waals surface area (Å²) in [5.74, 6) is -1.78. The summed E-state index contributed by atoms with van der Waals surface area (Å²) in [5, 5.41) is 0. The van der Waals surface area contributed by atoms with Crippen LogP contribution < -0.4 is 4.90 Å². The average Bonchev–Trinajstić information content (AvgIpc) is 2.64. The molecule has 0 saturated carbocycles. The van der Waals surface area contributed by atoms with E-state index in [2.05, 4.69) is 15.9 Å². The summed E-state index contributed by atoms with van der Waals surface area (Å²) in [4.78, 5) is 25.3. The first-order chi connectivity index (χ1) is 9.19. The molecular formula is C13H14BrNO5. The van der Waals surface area contributed by atoms with Gasteiger partial charge in [0, 0.05) is 40.1 Å². The predicted octanol–water partition coefficient (Wildman–Crippen LogP) is 2.33. The largest absolute Gasteiger partial charge is 0.440 e. The lowest BCUT2D eigenvalue weighted by molar-refractivity contribution is -0.222. The number of cyclic esters (lactones) is 2. The highest BCUT2D eigenvalue weighted by atomic mass is 79.9. The van der Waals surface area contributed by atoms with Crippen molar-refractivity contribution >= 4 is 39.8 Å². The maximum Gasteiger partial charge on any atom is 0.348 e. The molecule has 2 heterocycles. The first kappa shape index (κ1) is 14.6. The second-order valence-corrected chi connectivity index (χ2v) is 5.79. The normalized spacial score (nSPS) is 17.6. The molecule has 0 amide bonds. The lowest BCUT2D eigenvalue weighted by atomic mass is 10.2. The van der Waals surface area contributed by atoms with Gasteiger partial charge in [-0.15, -0.1) is 0 Å². The van der Waals surface area contributed by atoms with Gasteiger partial charge in [-0.1, -0.05) is 0 Å². The quantitative estimate of drug-likeness (QED) is 0.466. The van der Waals surface area contributed by atoms with E-state index in [0.717, 1.165) is 0 Å². The van der Waals surface area contributed by atoms with Crippen LogP contribution in [0, 0.1) is 0 Å². The molecule has 108 valence electrons. The smallest absolute Gasteiger partial charge is 0.348 e. The molecule has 1 aromatic heterocycles. The first-order valence-corrected chi connectivity index (χ1v) is 6.64. The Labute approximate surface area is 124 Å². The molecule has 0 aromatic carbocycles. The van der Waals surface area contributed by atoms with Crippen LogP contribution in [-0.4, -0.2) is 31.8 Å². The molecule has 6 nitrogen and oxygen atoms in total. The molecule has 0 spiro atoms. The zero-order chi connectivity index (χ0) is 15.1. The minimum Gasteiger partial charge on any atom is -0.440 e. The molecule has 1 aliphatic heterocycles. The number of anilines is 1. The van der Waals surface area contributed by atoms with Crippen molar-refractivity contribution in [2.45, 2.75) is 19.6 Å². The number of rotatable bonds is 2. The monoisotopic (exact) mass is 343 g/mol. The molecule has 0 radical (unpaired) electrons. The summed E-state index contributed by atoms with van der Waals surface area (Å²) in [6, 6.07) is 1.66. The van der Waals surface area contributed by atoms with Gasteiger partial charge in [0.25, 0.3) is 5.79 Å². The molecule has 1 fully saturated rings. The summed E-state index contributed by atoms with van der Waals surface area (Å²) in [5.41, 5.74) is -0.198. The maximum atomic E-state index is 11.8. The Bertz CT molecular complexity index is 578. The average molecular weight is 344 g/mol. The van der Waals surface area contributed by atoms with Crippen LogP contribution in [0.2, 0.25) is 0 Å². The SMILES string of the molecule is CN(C)c1oc(C=C2C(=O)OC(C)(C)OC2=O)cc1Br. The van der Waals surface area contributed by atoms with Crippen LogP contribution >= 0.6 is 15.9 Å². The van der Waals surface area contributed by atoms with Crippen molar-refractivity contribution < 1.29 is 23.5 Å². The van der Waals surface area contributed by atoms with Crippen molar-refractivity contribution in [1.82, 2.24) is 0 Å². The van der Waals surface area contributed by atoms with Crippen LogP contribution in [0.5, 0.6) is 0 Å². The third kappa shape index (κ3) is 2.87. The number of esters is 2. The van der Waals surface area contributed by atoms with E-state index in [1.165, 1.54) is 19.9 Å². The number of carbonyl (C=O) groups excluding carboxylic acids is 2. The van der Waals surface area contributed by atoms with E-state index in [0.29, 0.717) is 16.1 Å². The van der Waals surface area contributed by atoms with Gasteiger partial charge in [-0.05, 0) is 15.9 Å². The number of carbonyl (C=O) groups is 2. The predicted molar refractivity (Wildman–Crippen MR) is 75.0 cm³/mol. The number of ether oxygens (including phenoxy) is 2. The number of halogens is 1. The maximum absolute atomic E-state index is 11.8. The van der Waals surface area contributed by atoms with Gasteiger partial charge in [-0.3, -0.25) is 0 Å². The van der Waals surface area contributed by atoms with Crippen molar-refractivity contribution in [1.29, 1.82) is 0 Å². The fourth-order valence-electron chi connectivity index (χ4n) is 1.67. The molecule has 1 aromatic rings. The fourth-order valence-corrected chi connectivity index (χ4v) is 2.33. The van der Waals surface area contributed by atoms with E-state index in [4.69, 9.17) is 13.9 Å². The van der Waals surface area contributed by atoms with Crippen molar-refractivity contribution in [3.05, 3.63) is 21.9 Å². The molecule has 1 saturated heterocycles. The van der Waals surface area contributed by atoms with Crippen LogP contribution in [-0.2, 0) is 19.1 Å². The van der Waals surface area contributed by atoms with Crippen LogP contribution in [0.3, 0.4) is 0 Å². The molecule has 0 atom stereocenters. The molecule has 0 unspecified atom stereocenters. The molecule has 0 bridgehead atoms. The van der Waals surface area contributed by atoms with Crippen LogP contribution in [0.15, 0.2) is 20.5 Å². The van der Waals surface area contributed by atoms with Gasteiger partial charge in [-0.25, -0.2) is 9.59 Å². The zero-order valence-corrected chi connectivity index (χ0v) is 13.1. The fraction of sp³-hybridized carbons (Fsp3) is 0.385. The Hall–Kier alpha value is -1.76. The summed E-state index contributed by atoms with van der Waals surface area (Å²) in [6.07, 6.45) is 1.30. The highest BCUT2D eigenvalue weighted by Gasteiger charge is 2.39. The van der Waals surface area contributed by atoms with Crippen LogP contribution in [0.1, 0.15) is 19.6 Å². The highest BCUT2D eigenvalue weighted by molar-refractivity contribution is 9.10. The molecule has 0 aliphatic carbocycles. The summed E-state index contributed by atoms with van der Waals surface area (Å²) >= 11 is 3.33. The Balaban J connectivity index is 2.33. The van der Waals surface area contributed by atoms with Gasteiger partial charge >= 0.3 is 11.9 Å². The van der Waals surface area contributed by atoms with Crippen LogP contribution in [0.25, 0.3) is 6.08 Å². The van der Waals surface area contributed by atoms with Crippen molar-refractivity contribution in [2.75, 3.05) is 19.0 Å². The first-order valence-electron chi connectivity index (χ1n) is 5.84. The Kier molecular flexibility index (Phi) is 3.64. The van der Waals surface area contributed by atoms with Crippen molar-refractivity contribution in [3.8, 4) is 0 Å². The van der Waals surface area contributed by atoms with E-state index in [1.807, 2.05) is 14.1 Å². The number of furan rings is 1. The van der Waals surface area contributed by atoms with Gasteiger partial charge in [0.05, 0.1) is 4.47 Å². The molecule has 0 N–H and O–H groups in total. The minimum absolute atomic E-state index is 0.198. The van der Waals surface area contributed by atoms with E-state index in [1.54, 1.807) is 11.0 Å². The summed E-state index contributed by atoms with van der Waals surface area (Å²) < 4.78 is 16.2. The van der Waals surface area contributed by atoms with Crippen LogP contribution in [0.4, 0.5) is 5.88 Å². The number of hydrogen-bond acceptors (Lipinski definition) is 6. The minimum atomic E-state index is -1.25. The summed E-state index contributed by atoms with van der Waals surface area (Å²) in [6.45, 7) is 2.99. The van der Waals surface area contributed by atoms with Crippen molar-refractivity contribution in [3.63, 3.8) is 0 Å². The van der Waals surface area contributed by atoms with Gasteiger partial charge in [0.2, 0.25) is 5.88 Å². The Morgan fingerprint density at radius 1 is 1.20 bits per heavy atom. The molecule has 1 aliphatic rings.